The molecule has 0 radical (unpaired) electrons. The van der Waals surface area contributed by atoms with E-state index in [-0.39, 0.29) is 37.0 Å². The molecule has 1 saturated carbocycles. The van der Waals surface area contributed by atoms with Gasteiger partial charge >= 0.3 is 5.97 Å². The molecule has 1 N–H and O–H groups in total. The van der Waals surface area contributed by atoms with Crippen LogP contribution in [0.2, 0.25) is 0 Å². The maximum Gasteiger partial charge on any atom is 0.312 e. The number of unbranched alkanes of at least 4 members (excludes halogenated alkanes) is 3. The first-order valence-electron chi connectivity index (χ1n) is 15.1. The van der Waals surface area contributed by atoms with Crippen LogP contribution in [0.15, 0.2) is 25.3 Å². The number of ether oxygens (including phenoxy) is 2. The molecule has 6 atom stereocenters. The van der Waals surface area contributed by atoms with Crippen molar-refractivity contribution in [1.82, 2.24) is 9.80 Å². The number of amides is 2. The topological polar surface area (TPSA) is 96.4 Å². The first kappa shape index (κ1) is 29.8. The first-order chi connectivity index (χ1) is 18.8. The van der Waals surface area contributed by atoms with Gasteiger partial charge in [0.25, 0.3) is 0 Å². The van der Waals surface area contributed by atoms with Crippen LogP contribution in [0, 0.1) is 17.8 Å². The molecule has 1 aliphatic carbocycles. The van der Waals surface area contributed by atoms with Crippen molar-refractivity contribution in [3.63, 3.8) is 0 Å². The number of carbonyl (C=O) groups excluding carboxylic acids is 3. The van der Waals surface area contributed by atoms with Gasteiger partial charge in [-0.2, -0.15) is 0 Å². The Labute approximate surface area is 233 Å². The molecule has 4 rings (SSSR count). The Morgan fingerprint density at radius 3 is 2.54 bits per heavy atom. The van der Waals surface area contributed by atoms with Gasteiger partial charge in [0.1, 0.15) is 17.6 Å². The molecular formula is C31H48N2O6. The molecule has 8 nitrogen and oxygen atoms in total. The van der Waals surface area contributed by atoms with E-state index in [1.54, 1.807) is 17.1 Å². The summed E-state index contributed by atoms with van der Waals surface area (Å²) >= 11 is 0. The third kappa shape index (κ3) is 5.31. The lowest BCUT2D eigenvalue weighted by Crippen LogP contribution is -2.58. The number of esters is 1. The molecule has 4 aliphatic rings. The van der Waals surface area contributed by atoms with E-state index in [9.17, 15) is 14.4 Å². The first-order valence-corrected chi connectivity index (χ1v) is 15.1. The number of nitrogens with zero attached hydrogens (tertiary/aromatic N) is 2. The van der Waals surface area contributed by atoms with Gasteiger partial charge in [-0.05, 0) is 51.4 Å². The van der Waals surface area contributed by atoms with Crippen LogP contribution in [0.25, 0.3) is 0 Å². The Morgan fingerprint density at radius 1 is 1.15 bits per heavy atom. The third-order valence-corrected chi connectivity index (χ3v) is 9.80. The monoisotopic (exact) mass is 544 g/mol. The number of aliphatic hydroxyl groups is 1. The van der Waals surface area contributed by atoms with Crippen LogP contribution in [-0.2, 0) is 23.9 Å². The van der Waals surface area contributed by atoms with E-state index in [0.717, 1.165) is 51.4 Å². The Kier molecular flexibility index (Phi) is 9.58. The molecule has 3 unspecified atom stereocenters. The van der Waals surface area contributed by atoms with Crippen LogP contribution >= 0.6 is 0 Å². The summed E-state index contributed by atoms with van der Waals surface area (Å²) in [6.45, 7) is 12.8. The van der Waals surface area contributed by atoms with Gasteiger partial charge in [-0.1, -0.05) is 51.2 Å². The standard InChI is InChI=1S/C31H48N2O6/c1-5-7-20-38-29(37)25-24-27(35)33(18-13-8-9-14-19-34)26(31(24)21-22(3)30(25,4)39-31)28(36)32(17-6-2)23-15-11-10-12-16-23/h5-6,22-26,34H,1-2,7-21H2,3-4H3/t22?,24-,25+,26?,30-,31?/m0/s1. The van der Waals surface area contributed by atoms with Crippen molar-refractivity contribution in [3.05, 3.63) is 25.3 Å². The second kappa shape index (κ2) is 12.5. The van der Waals surface area contributed by atoms with Crippen molar-refractivity contribution in [2.24, 2.45) is 17.8 Å². The minimum absolute atomic E-state index is 0.0131. The summed E-state index contributed by atoms with van der Waals surface area (Å²) in [6, 6.07) is -0.655. The van der Waals surface area contributed by atoms with Crippen LogP contribution in [0.3, 0.4) is 0 Å². The van der Waals surface area contributed by atoms with Crippen LogP contribution in [0.4, 0.5) is 0 Å². The number of hydrogen-bond acceptors (Lipinski definition) is 6. The van der Waals surface area contributed by atoms with Gasteiger partial charge in [-0.15, -0.1) is 13.2 Å². The number of hydrogen-bond donors (Lipinski definition) is 1. The lowest BCUT2D eigenvalue weighted by molar-refractivity contribution is -0.162. The van der Waals surface area contributed by atoms with E-state index in [0.29, 0.717) is 25.9 Å². The molecule has 3 heterocycles. The molecule has 0 aromatic carbocycles. The maximum atomic E-state index is 14.6. The number of fused-ring (bicyclic) bond motifs is 1. The highest BCUT2D eigenvalue weighted by atomic mass is 16.6. The van der Waals surface area contributed by atoms with Crippen LogP contribution in [0.5, 0.6) is 0 Å². The average Bonchev–Trinajstić information content (AvgIpc) is 3.44. The van der Waals surface area contributed by atoms with E-state index >= 15 is 0 Å². The molecule has 0 aromatic rings. The summed E-state index contributed by atoms with van der Waals surface area (Å²) in [4.78, 5) is 46.0. The van der Waals surface area contributed by atoms with Crippen molar-refractivity contribution in [3.8, 4) is 0 Å². The fraction of sp³-hybridized carbons (Fsp3) is 0.774. The van der Waals surface area contributed by atoms with Gasteiger partial charge in [0.05, 0.1) is 18.1 Å². The number of carbonyl (C=O) groups is 3. The van der Waals surface area contributed by atoms with Gasteiger partial charge < -0.3 is 24.4 Å². The minimum atomic E-state index is -1.05. The number of aliphatic hydroxyl groups excluding tert-OH is 1. The largest absolute Gasteiger partial charge is 0.465 e. The molecule has 2 bridgehead atoms. The zero-order valence-electron chi connectivity index (χ0n) is 23.9. The fourth-order valence-corrected chi connectivity index (χ4v) is 7.80. The molecule has 2 amide bonds. The molecule has 3 aliphatic heterocycles. The molecule has 218 valence electrons. The summed E-state index contributed by atoms with van der Waals surface area (Å²) in [5, 5.41) is 9.17. The Morgan fingerprint density at radius 2 is 1.87 bits per heavy atom. The van der Waals surface area contributed by atoms with E-state index in [2.05, 4.69) is 20.1 Å². The van der Waals surface area contributed by atoms with Crippen molar-refractivity contribution in [2.75, 3.05) is 26.3 Å². The molecule has 4 fully saturated rings. The van der Waals surface area contributed by atoms with Gasteiger partial charge in [-0.25, -0.2) is 0 Å². The predicted octanol–water partition coefficient (Wildman–Crippen LogP) is 4.02. The predicted molar refractivity (Wildman–Crippen MR) is 149 cm³/mol. The van der Waals surface area contributed by atoms with E-state index in [4.69, 9.17) is 14.6 Å². The minimum Gasteiger partial charge on any atom is -0.465 e. The van der Waals surface area contributed by atoms with Crippen molar-refractivity contribution >= 4 is 17.8 Å². The van der Waals surface area contributed by atoms with Gasteiger partial charge in [0.15, 0.2) is 0 Å². The second-order valence-electron chi connectivity index (χ2n) is 12.2. The Hall–Kier alpha value is -2.19. The highest BCUT2D eigenvalue weighted by molar-refractivity contribution is 5.98. The maximum absolute atomic E-state index is 14.6. The van der Waals surface area contributed by atoms with Gasteiger partial charge in [0.2, 0.25) is 11.8 Å². The van der Waals surface area contributed by atoms with Gasteiger partial charge in [0, 0.05) is 25.7 Å². The molecule has 0 aromatic heterocycles. The summed E-state index contributed by atoms with van der Waals surface area (Å²) in [5.74, 6) is -2.17. The molecule has 39 heavy (non-hydrogen) atoms. The summed E-state index contributed by atoms with van der Waals surface area (Å²) < 4.78 is 12.5. The van der Waals surface area contributed by atoms with Crippen LogP contribution in [-0.4, -0.2) is 82.3 Å². The molecule has 1 spiro atoms. The van der Waals surface area contributed by atoms with Gasteiger partial charge in [-0.3, -0.25) is 14.4 Å². The third-order valence-electron chi connectivity index (χ3n) is 9.80. The summed E-state index contributed by atoms with van der Waals surface area (Å²) in [5.41, 5.74) is -1.92. The lowest BCUT2D eigenvalue weighted by atomic mass is 9.62. The van der Waals surface area contributed by atoms with Crippen molar-refractivity contribution < 1.29 is 29.0 Å². The fourth-order valence-electron chi connectivity index (χ4n) is 7.80. The quantitative estimate of drug-likeness (QED) is 0.202. The van der Waals surface area contributed by atoms with Crippen LogP contribution < -0.4 is 0 Å². The molecular weight excluding hydrogens is 496 g/mol. The molecule has 8 heteroatoms. The molecule has 3 saturated heterocycles. The lowest BCUT2D eigenvalue weighted by Gasteiger charge is -2.41. The van der Waals surface area contributed by atoms with E-state index < -0.39 is 35.0 Å². The van der Waals surface area contributed by atoms with Crippen LogP contribution in [0.1, 0.15) is 84.5 Å². The number of likely N-dealkylation sites (tertiary alicyclic amines) is 1. The normalized spacial score (nSPS) is 33.7. The average molecular weight is 545 g/mol. The smallest absolute Gasteiger partial charge is 0.312 e. The van der Waals surface area contributed by atoms with E-state index in [1.165, 1.54) is 6.42 Å². The highest BCUT2D eigenvalue weighted by Crippen LogP contribution is 2.65. The summed E-state index contributed by atoms with van der Waals surface area (Å²) in [6.07, 6.45) is 13.0. The Balaban J connectivity index is 1.69. The zero-order valence-corrected chi connectivity index (χ0v) is 23.9. The second-order valence-corrected chi connectivity index (χ2v) is 12.2. The van der Waals surface area contributed by atoms with Crippen molar-refractivity contribution in [1.29, 1.82) is 0 Å². The Bertz CT molecular complexity index is 932. The number of rotatable bonds is 14. The zero-order chi connectivity index (χ0) is 28.2. The SMILES string of the molecule is C=CCCOC(=O)[C@H]1[C@H]2C(=O)N(CCCCCCO)C(C(=O)N(CC=C)C3CCCCC3)C23CC(C)[C@]1(C)O3. The van der Waals surface area contributed by atoms with E-state index in [1.807, 2.05) is 11.8 Å². The van der Waals surface area contributed by atoms with Crippen molar-refractivity contribution in [2.45, 2.75) is 108 Å². The highest BCUT2D eigenvalue weighted by Gasteiger charge is 2.80. The summed E-state index contributed by atoms with van der Waals surface area (Å²) in [7, 11) is 0.